The molecule has 1 aromatic carbocycles. The van der Waals surface area contributed by atoms with Crippen molar-refractivity contribution in [2.24, 2.45) is 5.92 Å². The first-order valence-corrected chi connectivity index (χ1v) is 4.26. The Morgan fingerprint density at radius 1 is 1.42 bits per heavy atom. The van der Waals surface area contributed by atoms with Gasteiger partial charge in [0, 0.05) is 11.6 Å². The quantitative estimate of drug-likeness (QED) is 0.582. The highest BCUT2D eigenvalue weighted by molar-refractivity contribution is 5.53. The Bertz CT molecular complexity index is 256. The number of benzene rings is 1. The number of hydrogen-bond donors (Lipinski definition) is 1. The number of anilines is 1. The van der Waals surface area contributed by atoms with E-state index >= 15 is 0 Å². The van der Waals surface area contributed by atoms with Crippen LogP contribution in [-0.4, -0.2) is 6.30 Å². The van der Waals surface area contributed by atoms with Crippen molar-refractivity contribution in [1.82, 2.24) is 0 Å². The van der Waals surface area contributed by atoms with Crippen molar-refractivity contribution in [2.75, 3.05) is 5.32 Å². The van der Waals surface area contributed by atoms with Crippen LogP contribution in [0.25, 0.3) is 0 Å². The van der Waals surface area contributed by atoms with Crippen molar-refractivity contribution in [3.63, 3.8) is 0 Å². The zero-order valence-corrected chi connectivity index (χ0v) is 7.05. The van der Waals surface area contributed by atoms with E-state index in [1.54, 1.807) is 0 Å². The van der Waals surface area contributed by atoms with Crippen molar-refractivity contribution in [3.05, 3.63) is 29.8 Å². The van der Waals surface area contributed by atoms with Crippen LogP contribution < -0.4 is 5.32 Å². The predicted octanol–water partition coefficient (Wildman–Crippen LogP) is 2.59. The molecule has 1 nitrogen and oxygen atoms in total. The molecule has 0 radical (unpaired) electrons. The van der Waals surface area contributed by atoms with Gasteiger partial charge in [-0.3, -0.25) is 0 Å². The summed E-state index contributed by atoms with van der Waals surface area (Å²) >= 11 is 0. The minimum atomic E-state index is -0.889. The van der Waals surface area contributed by atoms with Gasteiger partial charge in [0.05, 0.1) is 0 Å². The minimum absolute atomic E-state index is 0.0832. The summed E-state index contributed by atoms with van der Waals surface area (Å²) in [6.07, 6.45) is -0.0513. The van der Waals surface area contributed by atoms with E-state index in [0.29, 0.717) is 0 Å². The number of alkyl halides is 1. The van der Waals surface area contributed by atoms with Gasteiger partial charge in [0.1, 0.15) is 0 Å². The molecular formula is C10H12FN. The summed E-state index contributed by atoms with van der Waals surface area (Å²) in [7, 11) is 0. The molecule has 0 unspecified atom stereocenters. The smallest absolute Gasteiger partial charge is 0.172 e. The van der Waals surface area contributed by atoms with Crippen LogP contribution in [0.15, 0.2) is 24.3 Å². The third-order valence-electron chi connectivity index (χ3n) is 2.35. The Kier molecular flexibility index (Phi) is 1.75. The summed E-state index contributed by atoms with van der Waals surface area (Å²) in [5.74, 6) is 0.0832. The number of nitrogens with one attached hydrogen (secondary N) is 1. The predicted molar refractivity (Wildman–Crippen MR) is 47.8 cm³/mol. The third kappa shape index (κ3) is 1.17. The molecule has 64 valence electrons. The highest BCUT2D eigenvalue weighted by Gasteiger charge is 2.23. The van der Waals surface area contributed by atoms with Crippen molar-refractivity contribution < 1.29 is 4.39 Å². The van der Waals surface area contributed by atoms with Crippen LogP contribution in [0.4, 0.5) is 10.1 Å². The average molecular weight is 165 g/mol. The van der Waals surface area contributed by atoms with Crippen LogP contribution in [0.2, 0.25) is 0 Å². The van der Waals surface area contributed by atoms with E-state index in [1.165, 1.54) is 5.56 Å². The molecule has 0 bridgehead atoms. The Morgan fingerprint density at radius 3 is 3.00 bits per heavy atom. The maximum Gasteiger partial charge on any atom is 0.172 e. The lowest BCUT2D eigenvalue weighted by Gasteiger charge is -2.26. The number of halogens is 1. The molecule has 0 aliphatic carbocycles. The van der Waals surface area contributed by atoms with Gasteiger partial charge in [0.2, 0.25) is 0 Å². The topological polar surface area (TPSA) is 12.0 Å². The first-order valence-electron chi connectivity index (χ1n) is 4.26. The van der Waals surface area contributed by atoms with Gasteiger partial charge in [-0.25, -0.2) is 4.39 Å². The van der Waals surface area contributed by atoms with Crippen molar-refractivity contribution in [3.8, 4) is 0 Å². The number of rotatable bonds is 0. The second-order valence-corrected chi connectivity index (χ2v) is 3.38. The van der Waals surface area contributed by atoms with Crippen molar-refractivity contribution in [1.29, 1.82) is 0 Å². The van der Waals surface area contributed by atoms with E-state index in [4.69, 9.17) is 0 Å². The molecule has 2 rings (SSSR count). The molecule has 0 fully saturated rings. The lowest BCUT2D eigenvalue weighted by molar-refractivity contribution is 0.264. The van der Waals surface area contributed by atoms with Crippen LogP contribution in [-0.2, 0) is 6.42 Å². The summed E-state index contributed by atoms with van der Waals surface area (Å²) in [6.45, 7) is 1.92. The zero-order valence-electron chi connectivity index (χ0n) is 7.05. The molecule has 1 heterocycles. The SMILES string of the molecule is C[C@@H]1Cc2ccccc2N[C@H]1F. The van der Waals surface area contributed by atoms with Crippen LogP contribution >= 0.6 is 0 Å². The van der Waals surface area contributed by atoms with Gasteiger partial charge in [-0.05, 0) is 18.1 Å². The van der Waals surface area contributed by atoms with Crippen LogP contribution in [0.5, 0.6) is 0 Å². The van der Waals surface area contributed by atoms with Crippen molar-refractivity contribution in [2.45, 2.75) is 19.6 Å². The average Bonchev–Trinajstić information content (AvgIpc) is 2.07. The molecule has 1 N–H and O–H groups in total. The van der Waals surface area contributed by atoms with Gasteiger partial charge in [-0.15, -0.1) is 0 Å². The lowest BCUT2D eigenvalue weighted by Crippen LogP contribution is -2.29. The Morgan fingerprint density at radius 2 is 2.17 bits per heavy atom. The van der Waals surface area contributed by atoms with Gasteiger partial charge in [0.25, 0.3) is 0 Å². The van der Waals surface area contributed by atoms with E-state index in [2.05, 4.69) is 5.32 Å². The zero-order chi connectivity index (χ0) is 8.55. The van der Waals surface area contributed by atoms with E-state index in [1.807, 2.05) is 31.2 Å². The Labute approximate surface area is 71.6 Å². The van der Waals surface area contributed by atoms with E-state index < -0.39 is 6.30 Å². The largest absolute Gasteiger partial charge is 0.356 e. The lowest BCUT2D eigenvalue weighted by atomic mass is 9.95. The summed E-state index contributed by atoms with van der Waals surface area (Å²) in [5.41, 5.74) is 2.17. The highest BCUT2D eigenvalue weighted by Crippen LogP contribution is 2.28. The first kappa shape index (κ1) is 7.59. The van der Waals surface area contributed by atoms with E-state index in [0.717, 1.165) is 12.1 Å². The van der Waals surface area contributed by atoms with Gasteiger partial charge < -0.3 is 5.32 Å². The summed E-state index contributed by atoms with van der Waals surface area (Å²) in [5, 5.41) is 2.84. The molecule has 0 amide bonds. The molecule has 2 heteroatoms. The molecule has 1 aromatic rings. The van der Waals surface area contributed by atoms with Crippen LogP contribution in [0, 0.1) is 5.92 Å². The normalized spacial score (nSPS) is 27.5. The van der Waals surface area contributed by atoms with Crippen molar-refractivity contribution >= 4 is 5.69 Å². The molecule has 1 aliphatic heterocycles. The van der Waals surface area contributed by atoms with Crippen LogP contribution in [0.1, 0.15) is 12.5 Å². The first-order chi connectivity index (χ1) is 5.77. The second-order valence-electron chi connectivity index (χ2n) is 3.38. The van der Waals surface area contributed by atoms with E-state index in [-0.39, 0.29) is 5.92 Å². The molecule has 0 saturated heterocycles. The maximum atomic E-state index is 13.1. The molecule has 2 atom stereocenters. The molecule has 0 aromatic heterocycles. The molecule has 0 saturated carbocycles. The van der Waals surface area contributed by atoms with Gasteiger partial charge >= 0.3 is 0 Å². The molecule has 1 aliphatic rings. The second kappa shape index (κ2) is 2.77. The fourth-order valence-corrected chi connectivity index (χ4v) is 1.58. The fourth-order valence-electron chi connectivity index (χ4n) is 1.58. The third-order valence-corrected chi connectivity index (χ3v) is 2.35. The van der Waals surface area contributed by atoms with E-state index in [9.17, 15) is 4.39 Å². The maximum absolute atomic E-state index is 13.1. The Hall–Kier alpha value is -1.05. The fraction of sp³-hybridized carbons (Fsp3) is 0.400. The molecular weight excluding hydrogens is 153 g/mol. The molecule has 12 heavy (non-hydrogen) atoms. The summed E-state index contributed by atoms with van der Waals surface area (Å²) in [4.78, 5) is 0. The summed E-state index contributed by atoms with van der Waals surface area (Å²) in [6, 6.07) is 7.89. The summed E-state index contributed by atoms with van der Waals surface area (Å²) < 4.78 is 13.1. The number of fused-ring (bicyclic) bond motifs is 1. The van der Waals surface area contributed by atoms with Crippen LogP contribution in [0.3, 0.4) is 0 Å². The van der Waals surface area contributed by atoms with Gasteiger partial charge in [-0.2, -0.15) is 0 Å². The highest BCUT2D eigenvalue weighted by atomic mass is 19.1. The minimum Gasteiger partial charge on any atom is -0.356 e. The standard InChI is InChI=1S/C10H12FN/c1-7-6-8-4-2-3-5-9(8)12-10(7)11/h2-5,7,10,12H,6H2,1H3/t7-,10-/m1/s1. The Balaban J connectivity index is 2.34. The van der Waals surface area contributed by atoms with Gasteiger partial charge in [-0.1, -0.05) is 25.1 Å². The number of para-hydroxylation sites is 1. The molecule has 0 spiro atoms. The number of hydrogen-bond acceptors (Lipinski definition) is 1. The monoisotopic (exact) mass is 165 g/mol. The van der Waals surface area contributed by atoms with Gasteiger partial charge in [0.15, 0.2) is 6.30 Å².